The van der Waals surface area contributed by atoms with Gasteiger partial charge < -0.3 is 15.4 Å². The van der Waals surface area contributed by atoms with E-state index < -0.39 is 0 Å². The van der Waals surface area contributed by atoms with Gasteiger partial charge in [-0.3, -0.25) is 9.59 Å². The fourth-order valence-corrected chi connectivity index (χ4v) is 4.00. The third-order valence-electron chi connectivity index (χ3n) is 4.62. The van der Waals surface area contributed by atoms with Crippen LogP contribution in [0.25, 0.3) is 0 Å². The molecular weight excluding hydrogens is 408 g/mol. The molecule has 0 aliphatic carbocycles. The van der Waals surface area contributed by atoms with E-state index in [4.69, 9.17) is 4.74 Å². The number of methoxy groups -OCH3 is 1. The van der Waals surface area contributed by atoms with Crippen LogP contribution in [0.5, 0.6) is 5.75 Å². The highest BCUT2D eigenvalue weighted by Gasteiger charge is 2.15. The minimum atomic E-state index is -0.266. The number of amides is 2. The number of thioether (sulfide) groups is 1. The van der Waals surface area contributed by atoms with Gasteiger partial charge in [0.25, 0.3) is 5.91 Å². The molecule has 0 saturated carbocycles. The van der Waals surface area contributed by atoms with Crippen molar-refractivity contribution in [1.29, 1.82) is 0 Å². The number of carbonyl (C=O) groups is 2. The summed E-state index contributed by atoms with van der Waals surface area (Å²) < 4.78 is 5.16. The maximum absolute atomic E-state index is 12.6. The van der Waals surface area contributed by atoms with Crippen LogP contribution in [0.15, 0.2) is 71.6 Å². The van der Waals surface area contributed by atoms with Gasteiger partial charge in [0.2, 0.25) is 5.91 Å². The van der Waals surface area contributed by atoms with Crippen molar-refractivity contribution >= 4 is 35.0 Å². The summed E-state index contributed by atoms with van der Waals surface area (Å²) in [5.74, 6) is 0.374. The topological polar surface area (TPSA) is 67.4 Å². The molecule has 1 atom stereocenters. The van der Waals surface area contributed by atoms with E-state index in [9.17, 15) is 9.59 Å². The molecule has 3 aromatic carbocycles. The summed E-state index contributed by atoms with van der Waals surface area (Å²) >= 11 is 1.47. The number of ether oxygens (including phenoxy) is 1. The lowest BCUT2D eigenvalue weighted by molar-refractivity contribution is -0.115. The molecule has 6 heteroatoms. The van der Waals surface area contributed by atoms with Gasteiger partial charge in [0.15, 0.2) is 0 Å². The minimum absolute atomic E-state index is 0.0506. The molecule has 0 radical (unpaired) electrons. The van der Waals surface area contributed by atoms with E-state index in [1.165, 1.54) is 11.8 Å². The van der Waals surface area contributed by atoms with Gasteiger partial charge in [0, 0.05) is 21.8 Å². The first kappa shape index (κ1) is 22.4. The highest BCUT2D eigenvalue weighted by molar-refractivity contribution is 8.00. The second-order valence-corrected chi connectivity index (χ2v) is 8.75. The number of nitrogens with one attached hydrogen (secondary N) is 2. The van der Waals surface area contributed by atoms with E-state index in [1.807, 2.05) is 57.2 Å². The van der Waals surface area contributed by atoms with Crippen LogP contribution in [0.2, 0.25) is 0 Å². The zero-order valence-corrected chi connectivity index (χ0v) is 18.9. The van der Waals surface area contributed by atoms with Crippen LogP contribution in [-0.2, 0) is 4.79 Å². The minimum Gasteiger partial charge on any atom is -0.497 e. The molecule has 0 aliphatic rings. The zero-order valence-electron chi connectivity index (χ0n) is 18.1. The molecule has 2 amide bonds. The van der Waals surface area contributed by atoms with Crippen LogP contribution in [0.4, 0.5) is 11.4 Å². The van der Waals surface area contributed by atoms with Crippen molar-refractivity contribution in [3.05, 3.63) is 83.4 Å². The largest absolute Gasteiger partial charge is 0.497 e. The molecule has 0 aliphatic heterocycles. The van der Waals surface area contributed by atoms with Crippen LogP contribution < -0.4 is 15.4 Å². The molecule has 31 heavy (non-hydrogen) atoms. The fourth-order valence-electron chi connectivity index (χ4n) is 3.13. The van der Waals surface area contributed by atoms with Gasteiger partial charge in [0.05, 0.1) is 12.4 Å². The second-order valence-electron chi connectivity index (χ2n) is 7.34. The fraction of sp³-hybridized carbons (Fsp3) is 0.200. The molecule has 5 nitrogen and oxygen atoms in total. The monoisotopic (exact) mass is 434 g/mol. The number of anilines is 2. The molecule has 0 fully saturated rings. The van der Waals surface area contributed by atoms with Crippen molar-refractivity contribution < 1.29 is 14.3 Å². The number of hydrogen-bond acceptors (Lipinski definition) is 4. The molecule has 3 rings (SSSR count). The summed E-state index contributed by atoms with van der Waals surface area (Å²) in [7, 11) is 1.57. The maximum atomic E-state index is 12.6. The van der Waals surface area contributed by atoms with Crippen molar-refractivity contribution in [3.8, 4) is 5.75 Å². The Bertz CT molecular complexity index is 1060. The Kier molecular flexibility index (Phi) is 7.36. The Labute approximate surface area is 187 Å². The summed E-state index contributed by atoms with van der Waals surface area (Å²) in [5, 5.41) is 5.59. The quantitative estimate of drug-likeness (QED) is 0.469. The number of carbonyl (C=O) groups excluding carboxylic acids is 2. The van der Waals surface area contributed by atoms with Gasteiger partial charge in [-0.05, 0) is 86.5 Å². The lowest BCUT2D eigenvalue weighted by atomic mass is 10.1. The normalized spacial score (nSPS) is 11.5. The van der Waals surface area contributed by atoms with E-state index in [1.54, 1.807) is 31.4 Å². The van der Waals surface area contributed by atoms with Crippen molar-refractivity contribution in [1.82, 2.24) is 0 Å². The summed E-state index contributed by atoms with van der Waals surface area (Å²) in [6.07, 6.45) is 0. The molecule has 0 heterocycles. The molecule has 0 aromatic heterocycles. The van der Waals surface area contributed by atoms with Crippen LogP contribution in [0.1, 0.15) is 28.4 Å². The number of aryl methyl sites for hydroxylation is 2. The van der Waals surface area contributed by atoms with Crippen molar-refractivity contribution in [2.75, 3.05) is 17.7 Å². The third kappa shape index (κ3) is 6.36. The second kappa shape index (κ2) is 10.2. The van der Waals surface area contributed by atoms with Crippen molar-refractivity contribution in [3.63, 3.8) is 0 Å². The Morgan fingerprint density at radius 3 is 2.19 bits per heavy atom. The van der Waals surface area contributed by atoms with Gasteiger partial charge in [-0.25, -0.2) is 0 Å². The first-order chi connectivity index (χ1) is 14.8. The first-order valence-electron chi connectivity index (χ1n) is 9.95. The highest BCUT2D eigenvalue weighted by atomic mass is 32.2. The predicted molar refractivity (Wildman–Crippen MR) is 127 cm³/mol. The van der Waals surface area contributed by atoms with Crippen LogP contribution in [0, 0.1) is 13.8 Å². The lowest BCUT2D eigenvalue weighted by Gasteiger charge is -2.13. The predicted octanol–water partition coefficient (Wildman–Crippen LogP) is 5.68. The number of benzene rings is 3. The van der Waals surface area contributed by atoms with Crippen molar-refractivity contribution in [2.45, 2.75) is 30.9 Å². The van der Waals surface area contributed by atoms with E-state index in [-0.39, 0.29) is 17.1 Å². The van der Waals surface area contributed by atoms with Gasteiger partial charge in [-0.2, -0.15) is 0 Å². The highest BCUT2D eigenvalue weighted by Crippen LogP contribution is 2.26. The SMILES string of the molecule is COc1cccc(C(=O)Nc2ccc(SC(C)C(=O)Nc3cc(C)cc(C)c3)cc2)c1. The third-order valence-corrected chi connectivity index (χ3v) is 5.73. The number of hydrogen-bond donors (Lipinski definition) is 2. The van der Waals surface area contributed by atoms with E-state index in [0.717, 1.165) is 21.7 Å². The Morgan fingerprint density at radius 2 is 1.55 bits per heavy atom. The maximum Gasteiger partial charge on any atom is 0.255 e. The van der Waals surface area contributed by atoms with Gasteiger partial charge in [-0.15, -0.1) is 11.8 Å². The molecule has 160 valence electrons. The Hall–Kier alpha value is -3.25. The Morgan fingerprint density at radius 1 is 0.871 bits per heavy atom. The average Bonchev–Trinajstić information content (AvgIpc) is 2.74. The smallest absolute Gasteiger partial charge is 0.255 e. The van der Waals surface area contributed by atoms with E-state index in [2.05, 4.69) is 16.7 Å². The Balaban J connectivity index is 1.58. The summed E-state index contributed by atoms with van der Waals surface area (Å²) in [4.78, 5) is 25.9. The summed E-state index contributed by atoms with van der Waals surface area (Å²) in [5.41, 5.74) is 4.24. The average molecular weight is 435 g/mol. The standard InChI is InChI=1S/C25H26N2O3S/c1-16-12-17(2)14-21(13-16)27-24(28)18(3)31-23-10-8-20(9-11-23)26-25(29)19-6-5-7-22(15-19)30-4/h5-15,18H,1-4H3,(H,26,29)(H,27,28). The summed E-state index contributed by atoms with van der Waals surface area (Å²) in [6, 6.07) is 20.4. The lowest BCUT2D eigenvalue weighted by Crippen LogP contribution is -2.22. The summed E-state index contributed by atoms with van der Waals surface area (Å²) in [6.45, 7) is 5.89. The van der Waals surface area contributed by atoms with Gasteiger partial charge >= 0.3 is 0 Å². The molecule has 0 spiro atoms. The van der Waals surface area contributed by atoms with Crippen LogP contribution >= 0.6 is 11.8 Å². The first-order valence-corrected chi connectivity index (χ1v) is 10.8. The zero-order chi connectivity index (χ0) is 22.4. The van der Waals surface area contributed by atoms with Crippen LogP contribution in [-0.4, -0.2) is 24.2 Å². The van der Waals surface area contributed by atoms with E-state index >= 15 is 0 Å². The molecule has 0 bridgehead atoms. The molecule has 3 aromatic rings. The van der Waals surface area contributed by atoms with Gasteiger partial charge in [-0.1, -0.05) is 12.1 Å². The number of rotatable bonds is 7. The molecule has 2 N–H and O–H groups in total. The molecular formula is C25H26N2O3S. The van der Waals surface area contributed by atoms with E-state index in [0.29, 0.717) is 17.0 Å². The van der Waals surface area contributed by atoms with Gasteiger partial charge in [0.1, 0.15) is 5.75 Å². The van der Waals surface area contributed by atoms with Crippen LogP contribution in [0.3, 0.4) is 0 Å². The molecule has 1 unspecified atom stereocenters. The molecule has 0 saturated heterocycles. The van der Waals surface area contributed by atoms with Crippen molar-refractivity contribution in [2.24, 2.45) is 0 Å².